The number of anilines is 1. The standard InChI is InChI=1S/C14H16F4N2O5S/c1-2-25-13(22)5-6-19-12(21)8-26(23,24)20-11-4-3-9(15)7-10(11)14(16,17)18/h3-4,7,20H,2,5-6,8H2,1H3,(H,19,21). The number of carbonyl (C=O) groups is 2. The van der Waals surface area contributed by atoms with Gasteiger partial charge in [-0.05, 0) is 25.1 Å². The number of carbonyl (C=O) groups excluding carboxylic acids is 2. The number of hydrogen-bond acceptors (Lipinski definition) is 5. The molecule has 0 aromatic heterocycles. The molecule has 0 saturated carbocycles. The number of sulfonamides is 1. The predicted molar refractivity (Wildman–Crippen MR) is 83.1 cm³/mol. The van der Waals surface area contributed by atoms with Crippen molar-refractivity contribution in [2.24, 2.45) is 0 Å². The monoisotopic (exact) mass is 400 g/mol. The van der Waals surface area contributed by atoms with Crippen molar-refractivity contribution in [2.75, 3.05) is 23.6 Å². The van der Waals surface area contributed by atoms with E-state index in [0.29, 0.717) is 12.1 Å². The molecule has 0 bridgehead atoms. The Labute approximate surface area is 146 Å². The summed E-state index contributed by atoms with van der Waals surface area (Å²) in [5.74, 6) is -4.01. The highest BCUT2D eigenvalue weighted by atomic mass is 32.2. The summed E-state index contributed by atoms with van der Waals surface area (Å²) in [6.45, 7) is 1.53. The number of halogens is 4. The van der Waals surface area contributed by atoms with Gasteiger partial charge in [-0.15, -0.1) is 0 Å². The van der Waals surface area contributed by atoms with Crippen LogP contribution in [0.15, 0.2) is 18.2 Å². The van der Waals surface area contributed by atoms with Crippen LogP contribution in [0.4, 0.5) is 23.2 Å². The second kappa shape index (κ2) is 8.83. The minimum Gasteiger partial charge on any atom is -0.466 e. The summed E-state index contributed by atoms with van der Waals surface area (Å²) in [6.07, 6.45) is -5.19. The average Bonchev–Trinajstić information content (AvgIpc) is 2.47. The van der Waals surface area contributed by atoms with Crippen LogP contribution >= 0.6 is 0 Å². The number of benzene rings is 1. The third kappa shape index (κ3) is 7.25. The fraction of sp³-hybridized carbons (Fsp3) is 0.429. The zero-order chi connectivity index (χ0) is 20.0. The van der Waals surface area contributed by atoms with Gasteiger partial charge in [-0.25, -0.2) is 12.8 Å². The number of rotatable bonds is 8. The second-order valence-corrected chi connectivity index (χ2v) is 6.68. The Kier molecular flexibility index (Phi) is 7.36. The molecule has 7 nitrogen and oxygen atoms in total. The topological polar surface area (TPSA) is 102 Å². The second-order valence-electron chi connectivity index (χ2n) is 4.95. The molecule has 1 aromatic rings. The lowest BCUT2D eigenvalue weighted by molar-refractivity contribution is -0.143. The molecule has 0 spiro atoms. The van der Waals surface area contributed by atoms with E-state index in [1.807, 2.05) is 0 Å². The molecule has 1 amide bonds. The lowest BCUT2D eigenvalue weighted by atomic mass is 10.2. The summed E-state index contributed by atoms with van der Waals surface area (Å²) in [6, 6.07) is 1.39. The van der Waals surface area contributed by atoms with Crippen LogP contribution in [0.5, 0.6) is 0 Å². The van der Waals surface area contributed by atoms with E-state index in [1.54, 1.807) is 11.6 Å². The molecule has 0 aliphatic heterocycles. The smallest absolute Gasteiger partial charge is 0.418 e. The maximum Gasteiger partial charge on any atom is 0.418 e. The molecule has 0 saturated heterocycles. The Morgan fingerprint density at radius 2 is 1.88 bits per heavy atom. The normalized spacial score (nSPS) is 11.7. The van der Waals surface area contributed by atoms with Crippen molar-refractivity contribution < 1.29 is 40.3 Å². The summed E-state index contributed by atoms with van der Waals surface area (Å²) in [5, 5.41) is 2.13. The van der Waals surface area contributed by atoms with Gasteiger partial charge in [-0.2, -0.15) is 13.2 Å². The van der Waals surface area contributed by atoms with Gasteiger partial charge in [0, 0.05) is 6.54 Å². The first-order chi connectivity index (χ1) is 11.9. The van der Waals surface area contributed by atoms with Crippen molar-refractivity contribution >= 4 is 27.6 Å². The van der Waals surface area contributed by atoms with Crippen molar-refractivity contribution in [3.8, 4) is 0 Å². The van der Waals surface area contributed by atoms with Gasteiger partial charge in [0.2, 0.25) is 15.9 Å². The number of amides is 1. The zero-order valence-electron chi connectivity index (χ0n) is 13.5. The summed E-state index contributed by atoms with van der Waals surface area (Å²) in [4.78, 5) is 22.6. The van der Waals surface area contributed by atoms with E-state index in [2.05, 4.69) is 10.1 Å². The Bertz CT molecular complexity index is 765. The molecule has 0 fully saturated rings. The van der Waals surface area contributed by atoms with Gasteiger partial charge in [0.15, 0.2) is 0 Å². The van der Waals surface area contributed by atoms with Crippen LogP contribution in [-0.2, 0) is 30.5 Å². The molecule has 12 heteroatoms. The fourth-order valence-corrected chi connectivity index (χ4v) is 2.84. The van der Waals surface area contributed by atoms with E-state index >= 15 is 0 Å². The lowest BCUT2D eigenvalue weighted by Gasteiger charge is -2.14. The number of ether oxygens (including phenoxy) is 1. The maximum absolute atomic E-state index is 13.0. The van der Waals surface area contributed by atoms with E-state index in [0.717, 1.165) is 0 Å². The third-order valence-corrected chi connectivity index (χ3v) is 4.00. The van der Waals surface area contributed by atoms with E-state index < -0.39 is 50.9 Å². The van der Waals surface area contributed by atoms with Gasteiger partial charge >= 0.3 is 12.1 Å². The van der Waals surface area contributed by atoms with Crippen LogP contribution in [-0.4, -0.2) is 39.2 Å². The van der Waals surface area contributed by atoms with E-state index in [-0.39, 0.29) is 25.6 Å². The molecular weight excluding hydrogens is 384 g/mol. The summed E-state index contributed by atoms with van der Waals surface area (Å²) >= 11 is 0. The Hall–Kier alpha value is -2.37. The summed E-state index contributed by atoms with van der Waals surface area (Å²) in [5.41, 5.74) is -2.43. The van der Waals surface area contributed by atoms with Crippen LogP contribution < -0.4 is 10.0 Å². The van der Waals surface area contributed by atoms with Gasteiger partial charge < -0.3 is 10.1 Å². The Morgan fingerprint density at radius 1 is 1.23 bits per heavy atom. The molecule has 0 aliphatic rings. The molecule has 146 valence electrons. The molecule has 0 aliphatic carbocycles. The first-order valence-electron chi connectivity index (χ1n) is 7.24. The minimum atomic E-state index is -5.00. The van der Waals surface area contributed by atoms with Crippen molar-refractivity contribution in [2.45, 2.75) is 19.5 Å². The van der Waals surface area contributed by atoms with Crippen LogP contribution in [0, 0.1) is 5.82 Å². The summed E-state index contributed by atoms with van der Waals surface area (Å²) in [7, 11) is -4.49. The van der Waals surface area contributed by atoms with E-state index in [1.165, 1.54) is 0 Å². The maximum atomic E-state index is 13.0. The van der Waals surface area contributed by atoms with Crippen LogP contribution in [0.2, 0.25) is 0 Å². The highest BCUT2D eigenvalue weighted by molar-refractivity contribution is 7.93. The van der Waals surface area contributed by atoms with Crippen molar-refractivity contribution in [1.82, 2.24) is 5.32 Å². The quantitative estimate of drug-likeness (QED) is 0.511. The van der Waals surface area contributed by atoms with Gasteiger partial charge in [0.05, 0.1) is 24.3 Å². The molecule has 0 heterocycles. The first kappa shape index (κ1) is 21.7. The molecule has 1 rings (SSSR count). The molecule has 26 heavy (non-hydrogen) atoms. The van der Waals surface area contributed by atoms with Gasteiger partial charge in [-0.1, -0.05) is 0 Å². The van der Waals surface area contributed by atoms with Gasteiger partial charge in [0.1, 0.15) is 11.6 Å². The van der Waals surface area contributed by atoms with Crippen LogP contribution in [0.25, 0.3) is 0 Å². The summed E-state index contributed by atoms with van der Waals surface area (Å²) < 4.78 is 81.4. The SMILES string of the molecule is CCOC(=O)CCNC(=O)CS(=O)(=O)Nc1ccc(F)cc1C(F)(F)F. The zero-order valence-corrected chi connectivity index (χ0v) is 14.3. The molecule has 2 N–H and O–H groups in total. The molecular formula is C14H16F4N2O5S. The van der Waals surface area contributed by atoms with Crippen LogP contribution in [0.3, 0.4) is 0 Å². The van der Waals surface area contributed by atoms with E-state index in [4.69, 9.17) is 0 Å². The number of alkyl halides is 3. The largest absolute Gasteiger partial charge is 0.466 e. The van der Waals surface area contributed by atoms with Gasteiger partial charge in [0.25, 0.3) is 0 Å². The molecule has 0 atom stereocenters. The van der Waals surface area contributed by atoms with Crippen molar-refractivity contribution in [3.63, 3.8) is 0 Å². The Morgan fingerprint density at radius 3 is 2.46 bits per heavy atom. The predicted octanol–water partition coefficient (Wildman–Crippen LogP) is 1.66. The number of nitrogens with one attached hydrogen (secondary N) is 2. The van der Waals surface area contributed by atoms with Crippen LogP contribution in [0.1, 0.15) is 18.9 Å². The highest BCUT2D eigenvalue weighted by Crippen LogP contribution is 2.35. The number of esters is 1. The van der Waals surface area contributed by atoms with Crippen molar-refractivity contribution in [3.05, 3.63) is 29.6 Å². The van der Waals surface area contributed by atoms with Gasteiger partial charge in [-0.3, -0.25) is 14.3 Å². The lowest BCUT2D eigenvalue weighted by Crippen LogP contribution is -2.34. The van der Waals surface area contributed by atoms with Crippen molar-refractivity contribution in [1.29, 1.82) is 0 Å². The molecule has 0 radical (unpaired) electrons. The number of hydrogen-bond donors (Lipinski definition) is 2. The first-order valence-corrected chi connectivity index (χ1v) is 8.89. The molecule has 0 unspecified atom stereocenters. The minimum absolute atomic E-state index is 0.136. The fourth-order valence-electron chi connectivity index (χ4n) is 1.80. The Balaban J connectivity index is 2.73. The highest BCUT2D eigenvalue weighted by Gasteiger charge is 2.35. The van der Waals surface area contributed by atoms with E-state index in [9.17, 15) is 35.6 Å². The third-order valence-electron chi connectivity index (χ3n) is 2.83. The average molecular weight is 400 g/mol. The molecule has 1 aromatic carbocycles.